The van der Waals surface area contributed by atoms with Gasteiger partial charge in [0.05, 0.1) is 9.77 Å². The molecular formula is C12H10BrClN2O2S2. The Kier molecular flexibility index (Phi) is 4.85. The second kappa shape index (κ2) is 6.26. The third kappa shape index (κ3) is 3.60. The summed E-state index contributed by atoms with van der Waals surface area (Å²) in [7, 11) is -3.71. The van der Waals surface area contributed by atoms with Crippen LogP contribution in [0.3, 0.4) is 0 Å². The van der Waals surface area contributed by atoms with E-state index in [0.717, 1.165) is 10.0 Å². The SMILES string of the molecule is Cc1ccc(S(=O)(=O)NN=C(Cl)c2sccc2Br)cc1. The number of hydrogen-bond acceptors (Lipinski definition) is 4. The van der Waals surface area contributed by atoms with Gasteiger partial charge in [-0.2, -0.15) is 18.4 Å². The molecule has 1 heterocycles. The molecule has 1 N–H and O–H groups in total. The van der Waals surface area contributed by atoms with Crippen molar-refractivity contribution in [3.05, 3.63) is 50.6 Å². The summed E-state index contributed by atoms with van der Waals surface area (Å²) in [5, 5.41) is 5.63. The highest BCUT2D eigenvalue weighted by atomic mass is 79.9. The lowest BCUT2D eigenvalue weighted by atomic mass is 10.2. The molecule has 20 heavy (non-hydrogen) atoms. The van der Waals surface area contributed by atoms with E-state index >= 15 is 0 Å². The average molecular weight is 394 g/mol. The van der Waals surface area contributed by atoms with Crippen molar-refractivity contribution in [2.45, 2.75) is 11.8 Å². The maximum absolute atomic E-state index is 12.0. The summed E-state index contributed by atoms with van der Waals surface area (Å²) in [6, 6.07) is 8.28. The summed E-state index contributed by atoms with van der Waals surface area (Å²) in [5.74, 6) is 0. The Bertz CT molecular complexity index is 739. The molecule has 0 saturated heterocycles. The van der Waals surface area contributed by atoms with E-state index in [0.29, 0.717) is 4.88 Å². The molecule has 0 bridgehead atoms. The highest BCUT2D eigenvalue weighted by Crippen LogP contribution is 2.24. The molecule has 0 aliphatic heterocycles. The zero-order chi connectivity index (χ0) is 14.8. The molecule has 0 aliphatic carbocycles. The molecule has 2 rings (SSSR count). The highest BCUT2D eigenvalue weighted by Gasteiger charge is 2.14. The number of halogens is 2. The van der Waals surface area contributed by atoms with Gasteiger partial charge in [0.15, 0.2) is 5.17 Å². The second-order valence-corrected chi connectivity index (χ2v) is 7.70. The van der Waals surface area contributed by atoms with Crippen molar-refractivity contribution in [2.24, 2.45) is 5.10 Å². The van der Waals surface area contributed by atoms with Gasteiger partial charge in [0.25, 0.3) is 10.0 Å². The normalized spacial score (nSPS) is 12.4. The van der Waals surface area contributed by atoms with Crippen LogP contribution in [-0.4, -0.2) is 13.6 Å². The predicted octanol–water partition coefficient (Wildman–Crippen LogP) is 3.70. The fraction of sp³-hybridized carbons (Fsp3) is 0.0833. The third-order valence-electron chi connectivity index (χ3n) is 2.40. The molecule has 0 amide bonds. The van der Waals surface area contributed by atoms with Crippen LogP contribution in [0.1, 0.15) is 10.4 Å². The van der Waals surface area contributed by atoms with E-state index in [1.807, 2.05) is 18.4 Å². The third-order valence-corrected chi connectivity index (χ3v) is 5.85. The van der Waals surface area contributed by atoms with Gasteiger partial charge in [-0.1, -0.05) is 29.3 Å². The molecule has 0 radical (unpaired) electrons. The number of thiophene rings is 1. The molecule has 2 aromatic rings. The standard InChI is InChI=1S/C12H10BrClN2O2S2/c1-8-2-4-9(5-3-8)20(17,18)16-15-12(14)11-10(13)6-7-19-11/h2-7,16H,1H3. The van der Waals surface area contributed by atoms with E-state index in [4.69, 9.17) is 11.6 Å². The lowest BCUT2D eigenvalue weighted by Crippen LogP contribution is -2.19. The molecule has 4 nitrogen and oxygen atoms in total. The number of hydrazone groups is 1. The summed E-state index contributed by atoms with van der Waals surface area (Å²) in [4.78, 5) is 2.93. The van der Waals surface area contributed by atoms with E-state index in [1.54, 1.807) is 12.1 Å². The monoisotopic (exact) mass is 392 g/mol. The van der Waals surface area contributed by atoms with Crippen molar-refractivity contribution in [1.82, 2.24) is 4.83 Å². The van der Waals surface area contributed by atoms with E-state index < -0.39 is 10.0 Å². The number of rotatable bonds is 4. The largest absolute Gasteiger partial charge is 0.276 e. The summed E-state index contributed by atoms with van der Waals surface area (Å²) < 4.78 is 24.8. The number of hydrogen-bond donors (Lipinski definition) is 1. The number of aryl methyl sites for hydroxylation is 1. The van der Waals surface area contributed by atoms with Gasteiger partial charge < -0.3 is 0 Å². The van der Waals surface area contributed by atoms with Crippen molar-refractivity contribution in [1.29, 1.82) is 0 Å². The highest BCUT2D eigenvalue weighted by molar-refractivity contribution is 9.10. The zero-order valence-electron chi connectivity index (χ0n) is 10.3. The Labute approximate surface area is 134 Å². The van der Waals surface area contributed by atoms with Gasteiger partial charge in [-0.05, 0) is 46.4 Å². The maximum atomic E-state index is 12.0. The molecule has 106 valence electrons. The first-order valence-electron chi connectivity index (χ1n) is 5.45. The van der Waals surface area contributed by atoms with Crippen LogP contribution >= 0.6 is 38.9 Å². The Morgan fingerprint density at radius 3 is 2.50 bits per heavy atom. The van der Waals surface area contributed by atoms with Gasteiger partial charge in [0, 0.05) is 4.47 Å². The Balaban J connectivity index is 2.21. The van der Waals surface area contributed by atoms with Crippen LogP contribution in [0.15, 0.2) is 50.2 Å². The lowest BCUT2D eigenvalue weighted by molar-refractivity contribution is 0.584. The van der Waals surface area contributed by atoms with Crippen molar-refractivity contribution in [3.63, 3.8) is 0 Å². The van der Waals surface area contributed by atoms with E-state index in [-0.39, 0.29) is 10.1 Å². The minimum atomic E-state index is -3.71. The fourth-order valence-corrected chi connectivity index (χ4v) is 4.05. The van der Waals surface area contributed by atoms with E-state index in [2.05, 4.69) is 25.9 Å². The second-order valence-electron chi connectivity index (χ2n) is 3.91. The van der Waals surface area contributed by atoms with Crippen molar-refractivity contribution >= 4 is 54.1 Å². The van der Waals surface area contributed by atoms with Gasteiger partial charge in [0.2, 0.25) is 0 Å². The van der Waals surface area contributed by atoms with Gasteiger partial charge in [-0.15, -0.1) is 11.3 Å². The van der Waals surface area contributed by atoms with Crippen molar-refractivity contribution in [2.75, 3.05) is 0 Å². The average Bonchev–Trinajstić information content (AvgIpc) is 2.83. The summed E-state index contributed by atoms with van der Waals surface area (Å²) in [6.45, 7) is 1.88. The molecule has 1 aromatic carbocycles. The molecule has 0 fully saturated rings. The first-order valence-corrected chi connectivity index (χ1v) is 8.98. The van der Waals surface area contributed by atoms with Crippen LogP contribution in [-0.2, 0) is 10.0 Å². The summed E-state index contributed by atoms with van der Waals surface area (Å²) >= 11 is 10.6. The molecule has 0 aliphatic rings. The lowest BCUT2D eigenvalue weighted by Gasteiger charge is -2.04. The summed E-state index contributed by atoms with van der Waals surface area (Å²) in [6.07, 6.45) is 0. The fourth-order valence-electron chi connectivity index (χ4n) is 1.36. The van der Waals surface area contributed by atoms with Crippen LogP contribution in [0.5, 0.6) is 0 Å². The van der Waals surface area contributed by atoms with Gasteiger partial charge in [-0.25, -0.2) is 0 Å². The Hall–Kier alpha value is -0.890. The number of nitrogens with one attached hydrogen (secondary N) is 1. The van der Waals surface area contributed by atoms with E-state index in [9.17, 15) is 8.42 Å². The minimum Gasteiger partial charge on any atom is -0.200 e. The van der Waals surface area contributed by atoms with Crippen molar-refractivity contribution < 1.29 is 8.42 Å². The number of benzene rings is 1. The van der Waals surface area contributed by atoms with Crippen LogP contribution < -0.4 is 4.83 Å². The number of sulfonamides is 1. The van der Waals surface area contributed by atoms with Gasteiger partial charge in [-0.3, -0.25) is 0 Å². The first-order chi connectivity index (χ1) is 9.40. The molecule has 0 atom stereocenters. The number of nitrogens with zero attached hydrogens (tertiary/aromatic N) is 1. The molecule has 0 saturated carbocycles. The van der Waals surface area contributed by atoms with Crippen LogP contribution in [0.25, 0.3) is 0 Å². The first kappa shape index (κ1) is 15.5. The van der Waals surface area contributed by atoms with Crippen LogP contribution in [0.2, 0.25) is 0 Å². The molecule has 0 spiro atoms. The quantitative estimate of drug-likeness (QED) is 0.636. The Morgan fingerprint density at radius 2 is 1.95 bits per heavy atom. The van der Waals surface area contributed by atoms with Gasteiger partial charge >= 0.3 is 0 Å². The van der Waals surface area contributed by atoms with Crippen molar-refractivity contribution in [3.8, 4) is 0 Å². The Morgan fingerprint density at radius 1 is 1.30 bits per heavy atom. The van der Waals surface area contributed by atoms with Crippen LogP contribution in [0.4, 0.5) is 0 Å². The molecule has 0 unspecified atom stereocenters. The smallest absolute Gasteiger partial charge is 0.200 e. The molecule has 8 heteroatoms. The molecular weight excluding hydrogens is 384 g/mol. The van der Waals surface area contributed by atoms with Gasteiger partial charge in [0.1, 0.15) is 0 Å². The zero-order valence-corrected chi connectivity index (χ0v) is 14.3. The van der Waals surface area contributed by atoms with E-state index in [1.165, 1.54) is 23.5 Å². The summed E-state index contributed by atoms with van der Waals surface area (Å²) in [5.41, 5.74) is 0.980. The maximum Gasteiger partial charge on any atom is 0.276 e. The minimum absolute atomic E-state index is 0.0857. The molecule has 1 aromatic heterocycles. The predicted molar refractivity (Wildman–Crippen MR) is 85.9 cm³/mol. The topological polar surface area (TPSA) is 58.5 Å². The van der Waals surface area contributed by atoms with Crippen LogP contribution in [0, 0.1) is 6.92 Å².